The van der Waals surface area contributed by atoms with E-state index in [-0.39, 0.29) is 5.54 Å². The van der Waals surface area contributed by atoms with Crippen LogP contribution < -0.4 is 5.32 Å². The van der Waals surface area contributed by atoms with Gasteiger partial charge >= 0.3 is 0 Å². The summed E-state index contributed by atoms with van der Waals surface area (Å²) < 4.78 is 2.17. The van der Waals surface area contributed by atoms with Crippen LogP contribution in [0.5, 0.6) is 0 Å². The first-order valence-corrected chi connectivity index (χ1v) is 8.62. The molecule has 2 heterocycles. The van der Waals surface area contributed by atoms with Crippen LogP contribution in [0.25, 0.3) is 0 Å². The van der Waals surface area contributed by atoms with Gasteiger partial charge in [0.05, 0.1) is 11.4 Å². The van der Waals surface area contributed by atoms with E-state index in [0.717, 1.165) is 32.6 Å². The summed E-state index contributed by atoms with van der Waals surface area (Å²) in [5.41, 5.74) is 2.87. The molecule has 0 spiro atoms. The lowest BCUT2D eigenvalue weighted by Gasteiger charge is -2.46. The van der Waals surface area contributed by atoms with Crippen LogP contribution in [0.15, 0.2) is 6.07 Å². The number of rotatable bonds is 6. The molecular weight excluding hydrogens is 260 g/mol. The molecule has 1 saturated heterocycles. The molecular formula is C17H32N4. The number of aryl methyl sites for hydroxylation is 2. The first-order valence-electron chi connectivity index (χ1n) is 8.62. The largest absolute Gasteiger partial charge is 0.308 e. The molecule has 4 heteroatoms. The van der Waals surface area contributed by atoms with Crippen molar-refractivity contribution in [3.05, 3.63) is 17.5 Å². The second kappa shape index (κ2) is 6.93. The van der Waals surface area contributed by atoms with E-state index in [1.165, 1.54) is 24.2 Å². The van der Waals surface area contributed by atoms with Gasteiger partial charge in [-0.15, -0.1) is 0 Å². The average Bonchev–Trinajstić information content (AvgIpc) is 2.92. The molecule has 0 aliphatic carbocycles. The molecule has 1 aliphatic heterocycles. The minimum Gasteiger partial charge on any atom is -0.308 e. The Morgan fingerprint density at radius 1 is 1.29 bits per heavy atom. The first kappa shape index (κ1) is 16.5. The molecule has 1 atom stereocenters. The maximum Gasteiger partial charge on any atom is 0.0625 e. The van der Waals surface area contributed by atoms with Crippen LogP contribution in [0, 0.1) is 0 Å². The predicted molar refractivity (Wildman–Crippen MR) is 88.5 cm³/mol. The highest BCUT2D eigenvalue weighted by Gasteiger charge is 2.35. The molecule has 0 amide bonds. The fourth-order valence-electron chi connectivity index (χ4n) is 3.33. The fraction of sp³-hybridized carbons (Fsp3) is 0.824. The summed E-state index contributed by atoms with van der Waals surface area (Å²) in [4.78, 5) is 2.63. The van der Waals surface area contributed by atoms with Crippen molar-refractivity contribution in [2.45, 2.75) is 78.6 Å². The molecule has 1 aliphatic rings. The average molecular weight is 292 g/mol. The van der Waals surface area contributed by atoms with Gasteiger partial charge in [-0.2, -0.15) is 5.10 Å². The maximum atomic E-state index is 4.69. The van der Waals surface area contributed by atoms with E-state index in [4.69, 9.17) is 0 Å². The Morgan fingerprint density at radius 2 is 2.00 bits per heavy atom. The van der Waals surface area contributed by atoms with Gasteiger partial charge in [-0.3, -0.25) is 9.58 Å². The zero-order valence-corrected chi connectivity index (χ0v) is 14.4. The SMILES string of the molecule is CCc1cc(CN2CC(CC)(CC)NCC2C)n(CC)n1. The lowest BCUT2D eigenvalue weighted by molar-refractivity contribution is 0.0723. The molecule has 1 fully saturated rings. The van der Waals surface area contributed by atoms with Gasteiger partial charge in [0.1, 0.15) is 0 Å². The number of nitrogens with one attached hydrogen (secondary N) is 1. The quantitative estimate of drug-likeness (QED) is 0.875. The van der Waals surface area contributed by atoms with Gasteiger partial charge in [0.25, 0.3) is 0 Å². The van der Waals surface area contributed by atoms with E-state index < -0.39 is 0 Å². The van der Waals surface area contributed by atoms with Crippen LogP contribution in [0.4, 0.5) is 0 Å². The first-order chi connectivity index (χ1) is 10.1. The Bertz CT molecular complexity index is 448. The number of piperazine rings is 1. The topological polar surface area (TPSA) is 33.1 Å². The molecule has 1 aromatic heterocycles. The fourth-order valence-corrected chi connectivity index (χ4v) is 3.33. The van der Waals surface area contributed by atoms with Gasteiger partial charge in [0, 0.05) is 37.8 Å². The molecule has 2 rings (SSSR count). The van der Waals surface area contributed by atoms with Gasteiger partial charge in [0.15, 0.2) is 0 Å². The Labute approximate surface area is 129 Å². The second-order valence-electron chi connectivity index (χ2n) is 6.42. The zero-order chi connectivity index (χ0) is 15.5. The zero-order valence-electron chi connectivity index (χ0n) is 14.4. The minimum absolute atomic E-state index is 0.289. The minimum atomic E-state index is 0.289. The molecule has 1 aromatic rings. The molecule has 0 saturated carbocycles. The van der Waals surface area contributed by atoms with Crippen molar-refractivity contribution in [1.82, 2.24) is 20.0 Å². The van der Waals surface area contributed by atoms with Crippen LogP contribution in [-0.4, -0.2) is 39.4 Å². The number of hydrogen-bond donors (Lipinski definition) is 1. The molecule has 21 heavy (non-hydrogen) atoms. The highest BCUT2D eigenvalue weighted by Crippen LogP contribution is 2.24. The molecule has 4 nitrogen and oxygen atoms in total. The predicted octanol–water partition coefficient (Wildman–Crippen LogP) is 2.82. The van der Waals surface area contributed by atoms with Gasteiger partial charge in [0.2, 0.25) is 0 Å². The van der Waals surface area contributed by atoms with Crippen molar-refractivity contribution >= 4 is 0 Å². The number of hydrogen-bond acceptors (Lipinski definition) is 3. The maximum absolute atomic E-state index is 4.69. The van der Waals surface area contributed by atoms with E-state index in [2.05, 4.69) is 60.7 Å². The van der Waals surface area contributed by atoms with Crippen LogP contribution >= 0.6 is 0 Å². The van der Waals surface area contributed by atoms with Crippen molar-refractivity contribution in [2.24, 2.45) is 0 Å². The molecule has 1 N–H and O–H groups in total. The number of nitrogens with zero attached hydrogens (tertiary/aromatic N) is 3. The van der Waals surface area contributed by atoms with Crippen molar-refractivity contribution in [3.8, 4) is 0 Å². The Kier molecular flexibility index (Phi) is 5.44. The lowest BCUT2D eigenvalue weighted by atomic mass is 9.88. The Morgan fingerprint density at radius 3 is 2.57 bits per heavy atom. The second-order valence-corrected chi connectivity index (χ2v) is 6.42. The highest BCUT2D eigenvalue weighted by atomic mass is 15.3. The third-order valence-electron chi connectivity index (χ3n) is 5.20. The van der Waals surface area contributed by atoms with Gasteiger partial charge in [-0.05, 0) is 39.2 Å². The third kappa shape index (κ3) is 3.49. The van der Waals surface area contributed by atoms with E-state index in [9.17, 15) is 0 Å². The normalized spacial score (nSPS) is 22.6. The Balaban J connectivity index is 2.15. The van der Waals surface area contributed by atoms with Crippen molar-refractivity contribution in [1.29, 1.82) is 0 Å². The molecule has 120 valence electrons. The van der Waals surface area contributed by atoms with Crippen molar-refractivity contribution in [2.75, 3.05) is 13.1 Å². The van der Waals surface area contributed by atoms with Crippen LogP contribution in [0.3, 0.4) is 0 Å². The summed E-state index contributed by atoms with van der Waals surface area (Å²) >= 11 is 0. The van der Waals surface area contributed by atoms with E-state index in [0.29, 0.717) is 6.04 Å². The van der Waals surface area contributed by atoms with Crippen LogP contribution in [0.2, 0.25) is 0 Å². The summed E-state index contributed by atoms with van der Waals surface area (Å²) in [5.74, 6) is 0. The molecule has 0 radical (unpaired) electrons. The van der Waals surface area contributed by atoms with Gasteiger partial charge in [-0.1, -0.05) is 20.8 Å². The summed E-state index contributed by atoms with van der Waals surface area (Å²) in [7, 11) is 0. The summed E-state index contributed by atoms with van der Waals surface area (Å²) in [6, 6.07) is 2.87. The standard InChI is InChI=1S/C17H32N4/c1-6-15-10-16(21(9-4)19-15)12-20-13-17(7-2,8-3)18-11-14(20)5/h10,14,18H,6-9,11-13H2,1-5H3. The van der Waals surface area contributed by atoms with Crippen LogP contribution in [-0.2, 0) is 19.5 Å². The third-order valence-corrected chi connectivity index (χ3v) is 5.20. The summed E-state index contributed by atoms with van der Waals surface area (Å²) in [6.07, 6.45) is 3.41. The van der Waals surface area contributed by atoms with E-state index in [1.54, 1.807) is 0 Å². The van der Waals surface area contributed by atoms with Crippen molar-refractivity contribution < 1.29 is 0 Å². The van der Waals surface area contributed by atoms with Crippen molar-refractivity contribution in [3.63, 3.8) is 0 Å². The molecule has 0 aromatic carbocycles. The van der Waals surface area contributed by atoms with Gasteiger partial charge in [-0.25, -0.2) is 0 Å². The summed E-state index contributed by atoms with van der Waals surface area (Å²) in [6.45, 7) is 15.5. The number of aromatic nitrogens is 2. The molecule has 0 bridgehead atoms. The van der Waals surface area contributed by atoms with E-state index in [1.807, 2.05) is 0 Å². The summed E-state index contributed by atoms with van der Waals surface area (Å²) in [5, 5.41) is 8.47. The van der Waals surface area contributed by atoms with Crippen LogP contribution in [0.1, 0.15) is 58.8 Å². The molecule has 1 unspecified atom stereocenters. The monoisotopic (exact) mass is 292 g/mol. The van der Waals surface area contributed by atoms with E-state index >= 15 is 0 Å². The smallest absolute Gasteiger partial charge is 0.0625 e. The lowest BCUT2D eigenvalue weighted by Crippen LogP contribution is -2.62. The van der Waals surface area contributed by atoms with Gasteiger partial charge < -0.3 is 5.32 Å². The Hall–Kier alpha value is -0.870. The highest BCUT2D eigenvalue weighted by molar-refractivity contribution is 5.11.